The molecule has 1 saturated carbocycles. The Kier molecular flexibility index (Phi) is 3.93. The molecule has 1 unspecified atom stereocenters. The van der Waals surface area contributed by atoms with E-state index in [9.17, 15) is 4.79 Å². The summed E-state index contributed by atoms with van der Waals surface area (Å²) >= 11 is 0. The fourth-order valence-corrected chi connectivity index (χ4v) is 1.65. The summed E-state index contributed by atoms with van der Waals surface area (Å²) < 4.78 is 0. The number of nitrogens with zero attached hydrogens (tertiary/aromatic N) is 1. The maximum absolute atomic E-state index is 10.9. The van der Waals surface area contributed by atoms with E-state index in [-0.39, 0.29) is 6.04 Å². The SMILES string of the molecule is CC(C)CCN(C1CC1)C(C)C(=O)O. The fraction of sp³-hybridized carbons (Fsp3) is 0.909. The predicted molar refractivity (Wildman–Crippen MR) is 56.3 cm³/mol. The van der Waals surface area contributed by atoms with E-state index in [4.69, 9.17) is 5.11 Å². The number of rotatable bonds is 6. The molecule has 0 radical (unpaired) electrons. The van der Waals surface area contributed by atoms with Crippen molar-refractivity contribution >= 4 is 5.97 Å². The van der Waals surface area contributed by atoms with Crippen LogP contribution in [0.5, 0.6) is 0 Å². The van der Waals surface area contributed by atoms with E-state index in [1.165, 1.54) is 12.8 Å². The summed E-state index contributed by atoms with van der Waals surface area (Å²) in [6.45, 7) is 7.07. The monoisotopic (exact) mass is 199 g/mol. The molecule has 82 valence electrons. The van der Waals surface area contributed by atoms with Crippen molar-refractivity contribution < 1.29 is 9.90 Å². The molecule has 0 heterocycles. The highest BCUT2D eigenvalue weighted by Crippen LogP contribution is 2.29. The highest BCUT2D eigenvalue weighted by Gasteiger charge is 2.34. The lowest BCUT2D eigenvalue weighted by Gasteiger charge is -2.26. The molecule has 1 aliphatic rings. The third kappa shape index (κ3) is 3.29. The molecule has 3 heteroatoms. The number of hydrogen-bond donors (Lipinski definition) is 1. The van der Waals surface area contributed by atoms with Crippen LogP contribution in [-0.4, -0.2) is 34.6 Å². The maximum Gasteiger partial charge on any atom is 0.320 e. The van der Waals surface area contributed by atoms with E-state index in [1.807, 2.05) is 0 Å². The highest BCUT2D eigenvalue weighted by atomic mass is 16.4. The van der Waals surface area contributed by atoms with E-state index < -0.39 is 5.97 Å². The van der Waals surface area contributed by atoms with Crippen LogP contribution in [0.1, 0.15) is 40.0 Å². The molecular formula is C11H21NO2. The second-order valence-electron chi connectivity index (χ2n) is 4.67. The molecule has 0 amide bonds. The van der Waals surface area contributed by atoms with Gasteiger partial charge >= 0.3 is 5.97 Å². The molecule has 0 aromatic rings. The number of aliphatic carboxylic acids is 1. The van der Waals surface area contributed by atoms with Gasteiger partial charge in [0.05, 0.1) is 0 Å². The van der Waals surface area contributed by atoms with Crippen molar-refractivity contribution in [1.29, 1.82) is 0 Å². The van der Waals surface area contributed by atoms with E-state index in [2.05, 4.69) is 18.7 Å². The molecule has 14 heavy (non-hydrogen) atoms. The first-order valence-corrected chi connectivity index (χ1v) is 5.51. The number of carbonyl (C=O) groups is 1. The van der Waals surface area contributed by atoms with Gasteiger partial charge < -0.3 is 5.11 Å². The second-order valence-corrected chi connectivity index (χ2v) is 4.67. The standard InChI is InChI=1S/C11H21NO2/c1-8(2)6-7-12(10-4-5-10)9(3)11(13)14/h8-10H,4-7H2,1-3H3,(H,13,14). The molecule has 0 saturated heterocycles. The molecule has 3 nitrogen and oxygen atoms in total. The Bertz CT molecular complexity index is 199. The lowest BCUT2D eigenvalue weighted by atomic mass is 10.1. The van der Waals surface area contributed by atoms with Gasteiger partial charge in [0.15, 0.2) is 0 Å². The zero-order valence-electron chi connectivity index (χ0n) is 9.36. The highest BCUT2D eigenvalue weighted by molar-refractivity contribution is 5.73. The molecule has 0 bridgehead atoms. The van der Waals surface area contributed by atoms with Gasteiger partial charge in [-0.05, 0) is 38.6 Å². The Morgan fingerprint density at radius 3 is 2.36 bits per heavy atom. The van der Waals surface area contributed by atoms with E-state index in [1.54, 1.807) is 6.92 Å². The zero-order valence-corrected chi connectivity index (χ0v) is 9.36. The van der Waals surface area contributed by atoms with E-state index >= 15 is 0 Å². The average Bonchev–Trinajstić information content (AvgIpc) is 2.87. The molecule has 0 aromatic carbocycles. The minimum Gasteiger partial charge on any atom is -0.480 e. The first kappa shape index (κ1) is 11.5. The van der Waals surface area contributed by atoms with Gasteiger partial charge in [-0.1, -0.05) is 13.8 Å². The van der Waals surface area contributed by atoms with Crippen molar-refractivity contribution in [2.24, 2.45) is 5.92 Å². The van der Waals surface area contributed by atoms with Gasteiger partial charge in [-0.15, -0.1) is 0 Å². The summed E-state index contributed by atoms with van der Waals surface area (Å²) in [6, 6.07) is 0.223. The van der Waals surface area contributed by atoms with Crippen LogP contribution >= 0.6 is 0 Å². The van der Waals surface area contributed by atoms with Crippen LogP contribution in [0.2, 0.25) is 0 Å². The Morgan fingerprint density at radius 2 is 2.00 bits per heavy atom. The quantitative estimate of drug-likeness (QED) is 0.711. The predicted octanol–water partition coefficient (Wildman–Crippen LogP) is 1.97. The molecule has 1 fully saturated rings. The molecule has 1 atom stereocenters. The van der Waals surface area contributed by atoms with E-state index in [0.29, 0.717) is 12.0 Å². The van der Waals surface area contributed by atoms with Crippen LogP contribution in [0.15, 0.2) is 0 Å². The normalized spacial score (nSPS) is 18.9. The summed E-state index contributed by atoms with van der Waals surface area (Å²) in [6.07, 6.45) is 3.44. The molecule has 1 rings (SSSR count). The minimum atomic E-state index is -0.694. The number of carboxylic acids is 1. The maximum atomic E-state index is 10.9. The molecule has 0 aromatic heterocycles. The molecular weight excluding hydrogens is 178 g/mol. The van der Waals surface area contributed by atoms with Gasteiger partial charge in [0, 0.05) is 6.04 Å². The smallest absolute Gasteiger partial charge is 0.320 e. The summed E-state index contributed by atoms with van der Waals surface area (Å²) in [5.41, 5.74) is 0. The topological polar surface area (TPSA) is 40.5 Å². The summed E-state index contributed by atoms with van der Waals surface area (Å²) in [4.78, 5) is 13.0. The van der Waals surface area contributed by atoms with Crippen LogP contribution in [-0.2, 0) is 4.79 Å². The summed E-state index contributed by atoms with van der Waals surface area (Å²) in [7, 11) is 0. The van der Waals surface area contributed by atoms with Crippen molar-refractivity contribution in [3.05, 3.63) is 0 Å². The van der Waals surface area contributed by atoms with Gasteiger partial charge in [-0.2, -0.15) is 0 Å². The Labute approximate surface area is 86.1 Å². The Hall–Kier alpha value is -0.570. The molecule has 0 aliphatic heterocycles. The van der Waals surface area contributed by atoms with Crippen molar-refractivity contribution in [2.45, 2.75) is 52.1 Å². The van der Waals surface area contributed by atoms with Gasteiger partial charge in [-0.3, -0.25) is 9.69 Å². The second kappa shape index (κ2) is 4.78. The van der Waals surface area contributed by atoms with Gasteiger partial charge in [0.25, 0.3) is 0 Å². The van der Waals surface area contributed by atoms with Crippen molar-refractivity contribution in [2.75, 3.05) is 6.54 Å². The van der Waals surface area contributed by atoms with Gasteiger partial charge in [0.2, 0.25) is 0 Å². The van der Waals surface area contributed by atoms with Crippen molar-refractivity contribution in [3.8, 4) is 0 Å². The first-order chi connectivity index (χ1) is 6.52. The van der Waals surface area contributed by atoms with Crippen LogP contribution in [0, 0.1) is 5.92 Å². The van der Waals surface area contributed by atoms with Gasteiger partial charge in [-0.25, -0.2) is 0 Å². The first-order valence-electron chi connectivity index (χ1n) is 5.51. The van der Waals surface area contributed by atoms with Crippen LogP contribution in [0.25, 0.3) is 0 Å². The molecule has 1 aliphatic carbocycles. The molecule has 0 spiro atoms. The van der Waals surface area contributed by atoms with E-state index in [0.717, 1.165) is 13.0 Å². The summed E-state index contributed by atoms with van der Waals surface area (Å²) in [5.74, 6) is -0.0436. The summed E-state index contributed by atoms with van der Waals surface area (Å²) in [5, 5.41) is 8.95. The number of hydrogen-bond acceptors (Lipinski definition) is 2. The van der Waals surface area contributed by atoms with Crippen LogP contribution in [0.3, 0.4) is 0 Å². The largest absolute Gasteiger partial charge is 0.480 e. The molecule has 1 N–H and O–H groups in total. The third-order valence-corrected chi connectivity index (χ3v) is 2.84. The Morgan fingerprint density at radius 1 is 1.43 bits per heavy atom. The van der Waals surface area contributed by atoms with Crippen molar-refractivity contribution in [3.63, 3.8) is 0 Å². The zero-order chi connectivity index (χ0) is 10.7. The fourth-order valence-electron chi connectivity index (χ4n) is 1.65. The lowest BCUT2D eigenvalue weighted by Crippen LogP contribution is -2.41. The average molecular weight is 199 g/mol. The van der Waals surface area contributed by atoms with Crippen LogP contribution < -0.4 is 0 Å². The van der Waals surface area contributed by atoms with Gasteiger partial charge in [0.1, 0.15) is 6.04 Å². The van der Waals surface area contributed by atoms with Crippen LogP contribution in [0.4, 0.5) is 0 Å². The third-order valence-electron chi connectivity index (χ3n) is 2.84. The lowest BCUT2D eigenvalue weighted by molar-refractivity contribution is -0.142. The Balaban J connectivity index is 2.42. The minimum absolute atomic E-state index is 0.318. The van der Waals surface area contributed by atoms with Crippen molar-refractivity contribution in [1.82, 2.24) is 4.90 Å². The number of carboxylic acid groups (broad SMARTS) is 1.